The summed E-state index contributed by atoms with van der Waals surface area (Å²) >= 11 is 0. The van der Waals surface area contributed by atoms with E-state index in [0.717, 1.165) is 11.1 Å². The van der Waals surface area contributed by atoms with Crippen LogP contribution in [0.25, 0.3) is 11.4 Å². The Labute approximate surface area is 235 Å². The summed E-state index contributed by atoms with van der Waals surface area (Å²) in [5.41, 5.74) is 1.45. The maximum atomic E-state index is 16.3. The second-order valence-corrected chi connectivity index (χ2v) is 11.7. The van der Waals surface area contributed by atoms with E-state index >= 15 is 4.39 Å². The van der Waals surface area contributed by atoms with Crippen molar-refractivity contribution >= 4 is 17.7 Å². The SMILES string of the molecule is CCC12Cc3cc4c(c(F)c3[C@]1(O)CCN(Cc1ccc(-c3ncon3)cc1)C2)CN([C@@H]1CCC(=O)NC1=O)C4=O. The van der Waals surface area contributed by atoms with Gasteiger partial charge in [0.1, 0.15) is 17.5 Å². The van der Waals surface area contributed by atoms with Gasteiger partial charge in [-0.1, -0.05) is 36.3 Å². The summed E-state index contributed by atoms with van der Waals surface area (Å²) < 4.78 is 21.2. The molecule has 2 N–H and O–H groups in total. The van der Waals surface area contributed by atoms with Crippen LogP contribution in [0.2, 0.25) is 0 Å². The first-order chi connectivity index (χ1) is 19.7. The first kappa shape index (κ1) is 26.0. The van der Waals surface area contributed by atoms with Crippen LogP contribution in [0.5, 0.6) is 0 Å². The molecule has 0 radical (unpaired) electrons. The first-order valence-corrected chi connectivity index (χ1v) is 14.0. The molecule has 0 bridgehead atoms. The van der Waals surface area contributed by atoms with Crippen molar-refractivity contribution in [1.82, 2.24) is 25.3 Å². The molecule has 7 rings (SSSR count). The second-order valence-electron chi connectivity index (χ2n) is 11.7. The van der Waals surface area contributed by atoms with Gasteiger partial charge in [-0.15, -0.1) is 0 Å². The van der Waals surface area contributed by atoms with Crippen molar-refractivity contribution in [3.05, 3.63) is 70.4 Å². The Morgan fingerprint density at radius 2 is 2.02 bits per heavy atom. The number of amides is 3. The van der Waals surface area contributed by atoms with Crippen molar-refractivity contribution in [2.45, 2.75) is 63.8 Å². The molecule has 2 aromatic carbocycles. The Morgan fingerprint density at radius 1 is 1.22 bits per heavy atom. The summed E-state index contributed by atoms with van der Waals surface area (Å²) in [5, 5.41) is 18.4. The normalized spacial score (nSPS) is 27.5. The van der Waals surface area contributed by atoms with E-state index in [1.807, 2.05) is 31.2 Å². The molecule has 1 aliphatic carbocycles. The van der Waals surface area contributed by atoms with E-state index in [4.69, 9.17) is 4.52 Å². The van der Waals surface area contributed by atoms with Gasteiger partial charge in [-0.05, 0) is 42.9 Å². The molecule has 4 aliphatic rings. The largest absolute Gasteiger partial charge is 0.384 e. The van der Waals surface area contributed by atoms with Gasteiger partial charge < -0.3 is 14.5 Å². The third-order valence-electron chi connectivity index (χ3n) is 9.65. The van der Waals surface area contributed by atoms with Gasteiger partial charge in [-0.3, -0.25) is 24.6 Å². The van der Waals surface area contributed by atoms with Gasteiger partial charge >= 0.3 is 0 Å². The van der Waals surface area contributed by atoms with Crippen LogP contribution in [-0.2, 0) is 34.7 Å². The summed E-state index contributed by atoms with van der Waals surface area (Å²) in [7, 11) is 0. The Kier molecular flexibility index (Phi) is 5.88. The van der Waals surface area contributed by atoms with Crippen molar-refractivity contribution in [3.63, 3.8) is 0 Å². The summed E-state index contributed by atoms with van der Waals surface area (Å²) in [5.74, 6) is -1.32. The summed E-state index contributed by atoms with van der Waals surface area (Å²) in [4.78, 5) is 45.2. The third-order valence-corrected chi connectivity index (χ3v) is 9.65. The van der Waals surface area contributed by atoms with Crippen molar-refractivity contribution in [2.24, 2.45) is 5.41 Å². The number of benzene rings is 2. The van der Waals surface area contributed by atoms with Crippen LogP contribution in [-0.4, -0.2) is 61.9 Å². The molecule has 11 heteroatoms. The Morgan fingerprint density at radius 3 is 2.73 bits per heavy atom. The third kappa shape index (κ3) is 3.86. The van der Waals surface area contributed by atoms with Gasteiger partial charge in [0, 0.05) is 53.7 Å². The molecule has 3 amide bonds. The maximum Gasteiger partial charge on any atom is 0.255 e. The number of imide groups is 1. The molecule has 3 aliphatic heterocycles. The fourth-order valence-corrected chi connectivity index (χ4v) is 7.46. The quantitative estimate of drug-likeness (QED) is 0.457. The number of aliphatic hydroxyl groups is 1. The molecule has 4 heterocycles. The van der Waals surface area contributed by atoms with Crippen molar-refractivity contribution in [2.75, 3.05) is 13.1 Å². The molecule has 212 valence electrons. The number of rotatable bonds is 5. The van der Waals surface area contributed by atoms with Crippen LogP contribution in [0.1, 0.15) is 65.2 Å². The van der Waals surface area contributed by atoms with E-state index in [1.165, 1.54) is 11.3 Å². The molecule has 0 saturated carbocycles. The van der Waals surface area contributed by atoms with Crippen molar-refractivity contribution in [3.8, 4) is 11.4 Å². The number of hydrogen-bond acceptors (Lipinski definition) is 8. The fraction of sp³-hybridized carbons (Fsp3) is 0.433. The highest BCUT2D eigenvalue weighted by atomic mass is 19.1. The zero-order valence-electron chi connectivity index (χ0n) is 22.7. The summed E-state index contributed by atoms with van der Waals surface area (Å²) in [6.45, 7) is 3.82. The van der Waals surface area contributed by atoms with Crippen molar-refractivity contribution < 1.29 is 28.4 Å². The minimum Gasteiger partial charge on any atom is -0.384 e. The van der Waals surface area contributed by atoms with E-state index in [-0.39, 0.29) is 36.4 Å². The fourth-order valence-electron chi connectivity index (χ4n) is 7.46. The number of carbonyl (C=O) groups is 3. The topological polar surface area (TPSA) is 129 Å². The average Bonchev–Trinajstić information content (AvgIpc) is 3.66. The lowest BCUT2D eigenvalue weighted by atomic mass is 9.66. The van der Waals surface area contributed by atoms with Crippen LogP contribution < -0.4 is 5.32 Å². The number of nitrogens with one attached hydrogen (secondary N) is 1. The van der Waals surface area contributed by atoms with Gasteiger partial charge in [0.15, 0.2) is 0 Å². The molecular formula is C30H30FN5O5. The van der Waals surface area contributed by atoms with Gasteiger partial charge in [0.2, 0.25) is 24.0 Å². The number of piperidine rings is 2. The van der Waals surface area contributed by atoms with Gasteiger partial charge in [0.05, 0.1) is 6.54 Å². The number of fused-ring (bicyclic) bond motifs is 4. The molecule has 10 nitrogen and oxygen atoms in total. The molecule has 2 fully saturated rings. The van der Waals surface area contributed by atoms with E-state index < -0.39 is 34.7 Å². The maximum absolute atomic E-state index is 16.3. The number of aromatic nitrogens is 2. The molecule has 1 unspecified atom stereocenters. The summed E-state index contributed by atoms with van der Waals surface area (Å²) in [6, 6.07) is 8.87. The van der Waals surface area contributed by atoms with E-state index in [9.17, 15) is 19.5 Å². The van der Waals surface area contributed by atoms with Crippen molar-refractivity contribution in [1.29, 1.82) is 0 Å². The minimum absolute atomic E-state index is 0.0548. The summed E-state index contributed by atoms with van der Waals surface area (Å²) in [6.07, 6.45) is 3.11. The van der Waals surface area contributed by atoms with Crippen LogP contribution >= 0.6 is 0 Å². The molecule has 3 atom stereocenters. The van der Waals surface area contributed by atoms with Gasteiger partial charge in [0.25, 0.3) is 5.91 Å². The Bertz CT molecular complexity index is 1570. The molecule has 41 heavy (non-hydrogen) atoms. The highest BCUT2D eigenvalue weighted by Gasteiger charge is 2.60. The van der Waals surface area contributed by atoms with Gasteiger partial charge in [-0.2, -0.15) is 4.98 Å². The lowest BCUT2D eigenvalue weighted by molar-refractivity contribution is -0.137. The lowest BCUT2D eigenvalue weighted by Gasteiger charge is -2.50. The second kappa shape index (κ2) is 9.28. The zero-order valence-corrected chi connectivity index (χ0v) is 22.7. The number of nitrogens with zero attached hydrogens (tertiary/aromatic N) is 4. The van der Waals surface area contributed by atoms with E-state index in [0.29, 0.717) is 55.8 Å². The molecular weight excluding hydrogens is 529 g/mol. The molecule has 3 aromatic rings. The molecule has 0 spiro atoms. The number of carbonyl (C=O) groups excluding carboxylic acids is 3. The van der Waals surface area contributed by atoms with E-state index in [1.54, 1.807) is 6.07 Å². The van der Waals surface area contributed by atoms with Gasteiger partial charge in [-0.25, -0.2) is 4.39 Å². The van der Waals surface area contributed by atoms with Crippen LogP contribution in [0.3, 0.4) is 0 Å². The number of likely N-dealkylation sites (tertiary alicyclic amines) is 1. The number of halogens is 1. The predicted octanol–water partition coefficient (Wildman–Crippen LogP) is 2.68. The molecule has 1 aromatic heterocycles. The zero-order chi connectivity index (χ0) is 28.5. The van der Waals surface area contributed by atoms with E-state index in [2.05, 4.69) is 20.4 Å². The Hall–Kier alpha value is -3.96. The van der Waals surface area contributed by atoms with Crippen LogP contribution in [0, 0.1) is 11.2 Å². The van der Waals surface area contributed by atoms with Crippen LogP contribution in [0.4, 0.5) is 4.39 Å². The molecule has 2 saturated heterocycles. The Balaban J connectivity index is 1.14. The standard InChI is InChI=1S/C30H30FN5O5/c1-2-29-12-19-11-20-21(14-36(28(20)39)22-7-8-23(37)33-27(22)38)25(31)24(19)30(29,40)9-10-35(15-29)13-17-3-5-18(6-4-17)26-32-16-41-34-26/h3-6,11,16,22,40H,2,7-10,12-15H2,1H3,(H,33,37,38)/t22-,29?,30-/m1/s1. The predicted molar refractivity (Wildman–Crippen MR) is 142 cm³/mol. The monoisotopic (exact) mass is 559 g/mol. The lowest BCUT2D eigenvalue weighted by Crippen LogP contribution is -2.56. The highest BCUT2D eigenvalue weighted by molar-refractivity contribution is 6.05. The highest BCUT2D eigenvalue weighted by Crippen LogP contribution is 2.58. The minimum atomic E-state index is -1.36. The smallest absolute Gasteiger partial charge is 0.255 e. The first-order valence-electron chi connectivity index (χ1n) is 14.0. The van der Waals surface area contributed by atoms with Crippen LogP contribution in [0.15, 0.2) is 41.2 Å². The number of hydrogen-bond donors (Lipinski definition) is 2. The average molecular weight is 560 g/mol.